The van der Waals surface area contributed by atoms with Crippen LogP contribution in [0.3, 0.4) is 0 Å². The first-order valence-electron chi connectivity index (χ1n) is 11.6. The van der Waals surface area contributed by atoms with Gasteiger partial charge >= 0.3 is 5.69 Å². The van der Waals surface area contributed by atoms with Gasteiger partial charge < -0.3 is 20.3 Å². The highest BCUT2D eigenvalue weighted by Crippen LogP contribution is 2.27. The highest BCUT2D eigenvalue weighted by atomic mass is 16.5. The summed E-state index contributed by atoms with van der Waals surface area (Å²) in [6.45, 7) is 11.2. The molecule has 2 heterocycles. The fourth-order valence-electron chi connectivity index (χ4n) is 4.14. The van der Waals surface area contributed by atoms with Crippen LogP contribution in [0.25, 0.3) is 0 Å². The molecule has 1 aromatic heterocycles. The van der Waals surface area contributed by atoms with Crippen molar-refractivity contribution in [3.8, 4) is 0 Å². The van der Waals surface area contributed by atoms with Gasteiger partial charge in [0.1, 0.15) is 5.82 Å². The van der Waals surface area contributed by atoms with Crippen LogP contribution in [0.4, 0.5) is 11.5 Å². The van der Waals surface area contributed by atoms with E-state index in [-0.39, 0.29) is 35.8 Å². The van der Waals surface area contributed by atoms with Crippen molar-refractivity contribution in [2.75, 3.05) is 44.0 Å². The molecule has 0 saturated carbocycles. The summed E-state index contributed by atoms with van der Waals surface area (Å²) >= 11 is 0. The topological polar surface area (TPSA) is 131 Å². The molecule has 1 fully saturated rings. The first-order chi connectivity index (χ1) is 15.4. The standard InChI is InChI=1S/C23H39N5O5/c1-15(2)13-28-18(24)17(19(29)25-22(28)32)27(11-8-12-33-6)20(30)16-9-7-10-26(14-16)21(31)23(3,4)5/h15-16H,7-14,24H2,1-6H3,(H,25,29,32). The van der Waals surface area contributed by atoms with Gasteiger partial charge in [-0.3, -0.25) is 23.9 Å². The molecule has 33 heavy (non-hydrogen) atoms. The van der Waals surface area contributed by atoms with E-state index in [0.717, 1.165) is 0 Å². The van der Waals surface area contributed by atoms with Crippen molar-refractivity contribution >= 4 is 23.3 Å². The summed E-state index contributed by atoms with van der Waals surface area (Å²) in [7, 11) is 1.56. The minimum atomic E-state index is -0.693. The van der Waals surface area contributed by atoms with E-state index in [1.165, 1.54) is 9.47 Å². The highest BCUT2D eigenvalue weighted by molar-refractivity contribution is 5.97. The number of nitrogens with one attached hydrogen (secondary N) is 1. The molecule has 1 aromatic rings. The Kier molecular flexibility index (Phi) is 8.88. The van der Waals surface area contributed by atoms with Crippen LogP contribution < -0.4 is 21.9 Å². The Bertz CT molecular complexity index is 959. The lowest BCUT2D eigenvalue weighted by molar-refractivity contribution is -0.142. The number of nitrogens with two attached hydrogens (primary N) is 1. The minimum absolute atomic E-state index is 0.00576. The zero-order valence-electron chi connectivity index (χ0n) is 20.8. The van der Waals surface area contributed by atoms with E-state index in [1.807, 2.05) is 34.6 Å². The van der Waals surface area contributed by atoms with Crippen LogP contribution in [-0.2, 0) is 20.9 Å². The number of piperidine rings is 1. The van der Waals surface area contributed by atoms with Crippen LogP contribution >= 0.6 is 0 Å². The number of aromatic nitrogens is 2. The predicted molar refractivity (Wildman–Crippen MR) is 128 cm³/mol. The summed E-state index contributed by atoms with van der Waals surface area (Å²) < 4.78 is 6.43. The van der Waals surface area contributed by atoms with Crippen molar-refractivity contribution in [3.05, 3.63) is 20.8 Å². The maximum Gasteiger partial charge on any atom is 0.330 e. The Hall–Kier alpha value is -2.62. The average Bonchev–Trinajstić information content (AvgIpc) is 2.73. The summed E-state index contributed by atoms with van der Waals surface area (Å²) in [5, 5.41) is 0. The number of ether oxygens (including phenoxy) is 1. The lowest BCUT2D eigenvalue weighted by Crippen LogP contribution is -2.51. The quantitative estimate of drug-likeness (QED) is 0.559. The van der Waals surface area contributed by atoms with Crippen LogP contribution in [-0.4, -0.2) is 59.6 Å². The van der Waals surface area contributed by atoms with Crippen molar-refractivity contribution in [2.24, 2.45) is 17.3 Å². The van der Waals surface area contributed by atoms with Crippen molar-refractivity contribution in [3.63, 3.8) is 0 Å². The van der Waals surface area contributed by atoms with Crippen molar-refractivity contribution in [1.82, 2.24) is 14.5 Å². The number of nitrogens with zero attached hydrogens (tertiary/aromatic N) is 3. The summed E-state index contributed by atoms with van der Waals surface area (Å²) in [5.74, 6) is -0.659. The maximum atomic E-state index is 13.7. The van der Waals surface area contributed by atoms with Gasteiger partial charge in [0.05, 0.1) is 5.92 Å². The van der Waals surface area contributed by atoms with Gasteiger partial charge in [0, 0.05) is 45.3 Å². The highest BCUT2D eigenvalue weighted by Gasteiger charge is 2.36. The number of anilines is 2. The van der Waals surface area contributed by atoms with E-state index in [2.05, 4.69) is 4.98 Å². The lowest BCUT2D eigenvalue weighted by atomic mass is 9.90. The monoisotopic (exact) mass is 465 g/mol. The lowest BCUT2D eigenvalue weighted by Gasteiger charge is -2.37. The summed E-state index contributed by atoms with van der Waals surface area (Å²) in [5.41, 5.74) is 4.44. The fourth-order valence-corrected chi connectivity index (χ4v) is 4.14. The number of H-pyrrole nitrogens is 1. The summed E-state index contributed by atoms with van der Waals surface area (Å²) in [6, 6.07) is 0. The number of rotatable bonds is 8. The number of carbonyl (C=O) groups is 2. The second kappa shape index (κ2) is 11.0. The van der Waals surface area contributed by atoms with Gasteiger partial charge in [-0.05, 0) is 25.2 Å². The van der Waals surface area contributed by atoms with Gasteiger partial charge in [0.15, 0.2) is 5.69 Å². The molecule has 10 heteroatoms. The molecule has 0 aliphatic carbocycles. The van der Waals surface area contributed by atoms with E-state index in [4.69, 9.17) is 10.5 Å². The SMILES string of the molecule is COCCCN(C(=O)C1CCCN(C(=O)C(C)(C)C)C1)c1c(N)n(CC(C)C)c(=O)[nH]c1=O. The van der Waals surface area contributed by atoms with E-state index < -0.39 is 22.6 Å². The third-order valence-electron chi connectivity index (χ3n) is 5.73. The number of carbonyl (C=O) groups excluding carboxylic acids is 2. The number of hydrogen-bond acceptors (Lipinski definition) is 6. The summed E-state index contributed by atoms with van der Waals surface area (Å²) in [4.78, 5) is 57.1. The van der Waals surface area contributed by atoms with Crippen molar-refractivity contribution in [1.29, 1.82) is 0 Å². The molecule has 0 spiro atoms. The minimum Gasteiger partial charge on any atom is -0.385 e. The Morgan fingerprint density at radius 1 is 1.27 bits per heavy atom. The largest absolute Gasteiger partial charge is 0.385 e. The van der Waals surface area contributed by atoms with E-state index in [9.17, 15) is 19.2 Å². The zero-order valence-corrected chi connectivity index (χ0v) is 20.8. The second-order valence-corrected chi connectivity index (χ2v) is 10.2. The van der Waals surface area contributed by atoms with Crippen LogP contribution in [0.2, 0.25) is 0 Å². The molecule has 1 aliphatic heterocycles. The molecule has 186 valence electrons. The normalized spacial score (nSPS) is 16.8. The van der Waals surface area contributed by atoms with Gasteiger partial charge in [-0.2, -0.15) is 0 Å². The Balaban J connectivity index is 2.44. The molecule has 1 aliphatic rings. The van der Waals surface area contributed by atoms with E-state index >= 15 is 0 Å². The molecule has 10 nitrogen and oxygen atoms in total. The van der Waals surface area contributed by atoms with Crippen molar-refractivity contribution < 1.29 is 14.3 Å². The zero-order chi connectivity index (χ0) is 24.9. The molecular formula is C23H39N5O5. The first-order valence-corrected chi connectivity index (χ1v) is 11.6. The van der Waals surface area contributed by atoms with Gasteiger partial charge in [0.25, 0.3) is 5.56 Å². The number of hydrogen-bond donors (Lipinski definition) is 2. The molecule has 1 saturated heterocycles. The number of nitrogen functional groups attached to an aromatic ring is 1. The van der Waals surface area contributed by atoms with Gasteiger partial charge in [-0.15, -0.1) is 0 Å². The van der Waals surface area contributed by atoms with Gasteiger partial charge in [0.2, 0.25) is 11.8 Å². The van der Waals surface area contributed by atoms with Crippen LogP contribution in [0.15, 0.2) is 9.59 Å². The first kappa shape index (κ1) is 26.6. The van der Waals surface area contributed by atoms with Crippen LogP contribution in [0.1, 0.15) is 53.9 Å². The molecule has 3 N–H and O–H groups in total. The fraction of sp³-hybridized carbons (Fsp3) is 0.739. The third-order valence-corrected chi connectivity index (χ3v) is 5.73. The number of methoxy groups -OCH3 is 1. The third kappa shape index (κ3) is 6.46. The molecule has 1 atom stereocenters. The van der Waals surface area contributed by atoms with Gasteiger partial charge in [-0.1, -0.05) is 34.6 Å². The maximum absolute atomic E-state index is 13.7. The Labute approximate surface area is 195 Å². The molecule has 2 rings (SSSR count). The number of aromatic amines is 1. The molecular weight excluding hydrogens is 426 g/mol. The Morgan fingerprint density at radius 2 is 1.94 bits per heavy atom. The predicted octanol–water partition coefficient (Wildman–Crippen LogP) is 1.43. The molecule has 0 radical (unpaired) electrons. The molecule has 2 amide bonds. The number of amides is 2. The van der Waals surface area contributed by atoms with E-state index in [1.54, 1.807) is 12.0 Å². The second-order valence-electron chi connectivity index (χ2n) is 10.2. The Morgan fingerprint density at radius 3 is 2.52 bits per heavy atom. The van der Waals surface area contributed by atoms with Crippen molar-refractivity contribution in [2.45, 2.75) is 60.4 Å². The smallest absolute Gasteiger partial charge is 0.330 e. The molecule has 0 bridgehead atoms. The van der Waals surface area contributed by atoms with Gasteiger partial charge in [-0.25, -0.2) is 4.79 Å². The summed E-state index contributed by atoms with van der Waals surface area (Å²) in [6.07, 6.45) is 1.79. The van der Waals surface area contributed by atoms with Crippen LogP contribution in [0, 0.1) is 17.3 Å². The number of likely N-dealkylation sites (tertiary alicyclic amines) is 1. The molecule has 0 aromatic carbocycles. The van der Waals surface area contributed by atoms with E-state index in [0.29, 0.717) is 45.5 Å². The molecule has 1 unspecified atom stereocenters. The van der Waals surface area contributed by atoms with Crippen LogP contribution in [0.5, 0.6) is 0 Å². The average molecular weight is 466 g/mol.